The Hall–Kier alpha value is -5.35. The van der Waals surface area contributed by atoms with Gasteiger partial charge in [-0.25, -0.2) is 4.98 Å². The van der Waals surface area contributed by atoms with Crippen LogP contribution in [0.25, 0.3) is 10.4 Å². The molecule has 3 aromatic rings. The molecule has 3 N–H and O–H groups in total. The van der Waals surface area contributed by atoms with Crippen LogP contribution in [0.1, 0.15) is 79.2 Å². The number of nitrogens with zero attached hydrogens (tertiary/aromatic N) is 3. The highest BCUT2D eigenvalue weighted by Gasteiger charge is 2.44. The topological polar surface area (TPSA) is 203 Å². The number of rotatable bonds is 20. The number of ketones is 1. The zero-order chi connectivity index (χ0) is 45.8. The van der Waals surface area contributed by atoms with Crippen molar-refractivity contribution in [2.75, 3.05) is 59.4 Å². The van der Waals surface area contributed by atoms with Crippen molar-refractivity contribution in [3.8, 4) is 22.3 Å². The van der Waals surface area contributed by atoms with Gasteiger partial charge in [0, 0.05) is 55.9 Å². The van der Waals surface area contributed by atoms with Gasteiger partial charge in [0.15, 0.2) is 5.78 Å². The van der Waals surface area contributed by atoms with Crippen LogP contribution in [0.15, 0.2) is 48.0 Å². The van der Waals surface area contributed by atoms with Crippen molar-refractivity contribution < 1.29 is 52.8 Å². The number of Topliss-reactive ketones (excluding diaryl/α,β-unsaturated/α-hetero) is 1. The number of carbonyl (C=O) groups is 6. The number of benzene rings is 2. The summed E-state index contributed by atoms with van der Waals surface area (Å²) in [6, 6.07) is 11.6. The molecule has 3 aliphatic rings. The fraction of sp³-hybridized carbons (Fsp3) is 0.511. The number of aliphatic hydroxyl groups is 1. The van der Waals surface area contributed by atoms with Crippen LogP contribution in [-0.4, -0.2) is 133 Å². The van der Waals surface area contributed by atoms with Gasteiger partial charge in [-0.3, -0.25) is 34.1 Å². The summed E-state index contributed by atoms with van der Waals surface area (Å²) in [6.07, 6.45) is -0.328. The second-order valence-corrected chi connectivity index (χ2v) is 18.0. The molecule has 4 atom stereocenters. The van der Waals surface area contributed by atoms with E-state index in [2.05, 4.69) is 27.5 Å². The van der Waals surface area contributed by atoms with E-state index in [1.807, 2.05) is 63.5 Å². The zero-order valence-corrected chi connectivity index (χ0v) is 37.6. The van der Waals surface area contributed by atoms with Crippen LogP contribution in [0, 0.1) is 30.1 Å². The SMILES string of the molecule is Cc1ncsc1-c1ccc(CNC(=O)[C@@H]2C[C@@H](O)CN2C(=O)[C@@H](CC(=O)COCCOCCOCCOCC#Cc2cccc3c2CN(C2CCC(=O)NC2=O)C3=O)C(C)(C)C)cc1. The molecular weight excluding hydrogens is 843 g/mol. The molecule has 0 aliphatic carbocycles. The van der Waals surface area contributed by atoms with Crippen LogP contribution in [0.3, 0.4) is 0 Å². The largest absolute Gasteiger partial charge is 0.391 e. The van der Waals surface area contributed by atoms with E-state index in [1.54, 1.807) is 23.5 Å². The number of hydrogen-bond donors (Lipinski definition) is 3. The summed E-state index contributed by atoms with van der Waals surface area (Å²) in [6.45, 7) is 9.74. The molecule has 0 radical (unpaired) electrons. The molecule has 16 nitrogen and oxygen atoms in total. The number of piperidine rings is 1. The van der Waals surface area contributed by atoms with Crippen molar-refractivity contribution >= 4 is 46.7 Å². The Bertz CT molecular complexity index is 2230. The molecule has 0 bridgehead atoms. The van der Waals surface area contributed by atoms with Crippen LogP contribution in [0.5, 0.6) is 0 Å². The number of thiazole rings is 1. The van der Waals surface area contributed by atoms with Gasteiger partial charge in [-0.05, 0) is 47.6 Å². The molecule has 6 rings (SSSR count). The van der Waals surface area contributed by atoms with E-state index in [-0.39, 0.29) is 94.7 Å². The molecule has 5 amide bonds. The lowest BCUT2D eigenvalue weighted by atomic mass is 9.77. The van der Waals surface area contributed by atoms with Gasteiger partial charge in [0.2, 0.25) is 23.6 Å². The summed E-state index contributed by atoms with van der Waals surface area (Å²) in [5.41, 5.74) is 6.05. The fourth-order valence-electron chi connectivity index (χ4n) is 7.92. The van der Waals surface area contributed by atoms with Crippen molar-refractivity contribution in [3.05, 3.63) is 75.9 Å². The van der Waals surface area contributed by atoms with E-state index in [0.29, 0.717) is 44.0 Å². The van der Waals surface area contributed by atoms with E-state index in [9.17, 15) is 33.9 Å². The standard InChI is InChI=1S/C47H57N5O11S/c1-30-42(64-29-49-30)33-12-10-31(11-13-33)25-48-43(56)40-24-34(53)26-51(40)46(59)38(47(2,3)4)23-35(54)28-63-22-21-62-20-19-61-18-17-60-16-6-8-32-7-5-9-36-37(32)27-52(45(36)58)39-14-15-41(55)50-44(39)57/h5,7,9-13,29,34,38-40,53H,14-28H2,1-4H3,(H,48,56)(H,50,55,57)/t34-,38-,39?,40+/m1/s1. The van der Waals surface area contributed by atoms with E-state index in [4.69, 9.17) is 18.9 Å². The molecule has 3 aliphatic heterocycles. The molecule has 342 valence electrons. The van der Waals surface area contributed by atoms with Crippen molar-refractivity contribution in [3.63, 3.8) is 0 Å². The molecule has 4 heterocycles. The molecular formula is C47H57N5O11S. The number of fused-ring (bicyclic) bond motifs is 1. The van der Waals surface area contributed by atoms with Gasteiger partial charge in [0.25, 0.3) is 5.91 Å². The summed E-state index contributed by atoms with van der Waals surface area (Å²) < 4.78 is 22.2. The third-order valence-corrected chi connectivity index (χ3v) is 12.4. The number of amides is 5. The number of aryl methyl sites for hydroxylation is 1. The number of likely N-dealkylation sites (tertiary alicyclic amines) is 1. The number of aliphatic hydroxyl groups excluding tert-OH is 1. The first-order valence-electron chi connectivity index (χ1n) is 21.5. The Kier molecular flexibility index (Phi) is 16.9. The Morgan fingerprint density at radius 3 is 2.36 bits per heavy atom. The van der Waals surface area contributed by atoms with E-state index in [1.165, 1.54) is 9.80 Å². The van der Waals surface area contributed by atoms with Gasteiger partial charge in [0.1, 0.15) is 25.3 Å². The molecule has 0 spiro atoms. The summed E-state index contributed by atoms with van der Waals surface area (Å²) >= 11 is 1.57. The van der Waals surface area contributed by atoms with Crippen LogP contribution in [-0.2, 0) is 56.0 Å². The quantitative estimate of drug-likeness (QED) is 0.0851. The maximum atomic E-state index is 14.0. The van der Waals surface area contributed by atoms with E-state index >= 15 is 0 Å². The van der Waals surface area contributed by atoms with Crippen molar-refractivity contribution in [1.82, 2.24) is 25.4 Å². The molecule has 17 heteroatoms. The highest BCUT2D eigenvalue weighted by molar-refractivity contribution is 7.13. The predicted molar refractivity (Wildman–Crippen MR) is 235 cm³/mol. The minimum atomic E-state index is -0.855. The highest BCUT2D eigenvalue weighted by atomic mass is 32.1. The first kappa shape index (κ1) is 48.1. The van der Waals surface area contributed by atoms with Gasteiger partial charge in [-0.1, -0.05) is 62.9 Å². The number of hydrogen-bond acceptors (Lipinski definition) is 13. The van der Waals surface area contributed by atoms with Crippen molar-refractivity contribution in [2.24, 2.45) is 11.3 Å². The Morgan fingerprint density at radius 1 is 0.984 bits per heavy atom. The summed E-state index contributed by atoms with van der Waals surface area (Å²) in [4.78, 5) is 85.6. The third-order valence-electron chi connectivity index (χ3n) is 11.4. The number of carbonyl (C=O) groups excluding carboxylic acids is 6. The average Bonchev–Trinajstić information content (AvgIpc) is 3.98. The lowest BCUT2D eigenvalue weighted by molar-refractivity contribution is -0.146. The molecule has 1 unspecified atom stereocenters. The molecule has 2 saturated heterocycles. The average molecular weight is 900 g/mol. The third kappa shape index (κ3) is 12.7. The Labute approximate surface area is 377 Å². The molecule has 0 saturated carbocycles. The Morgan fingerprint density at radius 2 is 1.69 bits per heavy atom. The predicted octanol–water partition coefficient (Wildman–Crippen LogP) is 3.20. The normalized spacial score (nSPS) is 19.0. The van der Waals surface area contributed by atoms with Crippen molar-refractivity contribution in [1.29, 1.82) is 0 Å². The minimum absolute atomic E-state index is 0.0120. The number of imide groups is 1. The van der Waals surface area contributed by atoms with Crippen LogP contribution >= 0.6 is 11.3 Å². The number of aromatic nitrogens is 1. The van der Waals surface area contributed by atoms with E-state index in [0.717, 1.165) is 27.3 Å². The summed E-state index contributed by atoms with van der Waals surface area (Å²) in [5.74, 6) is 3.30. The maximum Gasteiger partial charge on any atom is 0.255 e. The lowest BCUT2D eigenvalue weighted by Crippen LogP contribution is -2.52. The molecule has 64 heavy (non-hydrogen) atoms. The molecule has 2 aromatic carbocycles. The minimum Gasteiger partial charge on any atom is -0.391 e. The maximum absolute atomic E-state index is 14.0. The fourth-order valence-corrected chi connectivity index (χ4v) is 8.73. The van der Waals surface area contributed by atoms with Gasteiger partial charge in [-0.15, -0.1) is 11.3 Å². The van der Waals surface area contributed by atoms with Crippen molar-refractivity contribution in [2.45, 2.75) is 84.7 Å². The van der Waals surface area contributed by atoms with Gasteiger partial charge >= 0.3 is 0 Å². The molecule has 1 aromatic heterocycles. The highest BCUT2D eigenvalue weighted by Crippen LogP contribution is 2.34. The van der Waals surface area contributed by atoms with E-state index < -0.39 is 35.4 Å². The van der Waals surface area contributed by atoms with Gasteiger partial charge in [0.05, 0.1) is 61.8 Å². The van der Waals surface area contributed by atoms with Crippen LogP contribution in [0.2, 0.25) is 0 Å². The summed E-state index contributed by atoms with van der Waals surface area (Å²) in [7, 11) is 0. The smallest absolute Gasteiger partial charge is 0.255 e. The Balaban J connectivity index is 0.830. The second kappa shape index (κ2) is 22.5. The second-order valence-electron chi connectivity index (χ2n) is 17.1. The van der Waals surface area contributed by atoms with Crippen LogP contribution < -0.4 is 10.6 Å². The number of β-amino-alcohol motifs (C(OH)–C–C–N with tert-alkyl or cyclic N) is 1. The zero-order valence-electron chi connectivity index (χ0n) is 36.8. The lowest BCUT2D eigenvalue weighted by Gasteiger charge is -2.34. The van der Waals surface area contributed by atoms with Gasteiger partial charge in [-0.2, -0.15) is 0 Å². The first-order valence-corrected chi connectivity index (χ1v) is 22.4. The molecule has 2 fully saturated rings. The number of ether oxygens (including phenoxy) is 4. The monoisotopic (exact) mass is 899 g/mol. The number of nitrogens with one attached hydrogen (secondary N) is 2. The van der Waals surface area contributed by atoms with Gasteiger partial charge < -0.3 is 39.2 Å². The van der Waals surface area contributed by atoms with Crippen LogP contribution in [0.4, 0.5) is 0 Å². The summed E-state index contributed by atoms with van der Waals surface area (Å²) in [5, 5.41) is 15.8. The first-order chi connectivity index (χ1) is 30.7.